The number of esters is 3. The number of anilines is 1. The summed E-state index contributed by atoms with van der Waals surface area (Å²) in [6, 6.07) is 3.32. The quantitative estimate of drug-likeness (QED) is 0.517. The average molecular weight is 435 g/mol. The van der Waals surface area contributed by atoms with Gasteiger partial charge in [0.2, 0.25) is 6.23 Å². The lowest BCUT2D eigenvalue weighted by atomic mass is 10.1. The molecular weight excluding hydrogens is 414 g/mol. The van der Waals surface area contributed by atoms with Gasteiger partial charge < -0.3 is 29.0 Å². The first kappa shape index (κ1) is 21.4. The Balaban J connectivity index is 2.05. The first-order chi connectivity index (χ1) is 14.4. The van der Waals surface area contributed by atoms with E-state index in [1.165, 1.54) is 21.3 Å². The van der Waals surface area contributed by atoms with Crippen molar-refractivity contribution in [1.29, 1.82) is 0 Å². The minimum Gasteiger partial charge on any atom is -0.493 e. The number of thiophene rings is 1. The van der Waals surface area contributed by atoms with Crippen LogP contribution in [-0.2, 0) is 14.2 Å². The van der Waals surface area contributed by atoms with E-state index >= 15 is 0 Å². The van der Waals surface area contributed by atoms with Crippen molar-refractivity contribution < 1.29 is 38.1 Å². The molecule has 0 fully saturated rings. The smallest absolute Gasteiger partial charge is 0.348 e. The van der Waals surface area contributed by atoms with Gasteiger partial charge in [-0.15, -0.1) is 11.3 Å². The minimum absolute atomic E-state index is 0.166. The predicted octanol–water partition coefficient (Wildman–Crippen LogP) is 3.32. The van der Waals surface area contributed by atoms with Gasteiger partial charge in [-0.25, -0.2) is 14.4 Å². The molecule has 1 atom stereocenters. The first-order valence-corrected chi connectivity index (χ1v) is 9.80. The van der Waals surface area contributed by atoms with Crippen LogP contribution in [0.1, 0.15) is 54.7 Å². The molecule has 1 aliphatic heterocycles. The fourth-order valence-corrected chi connectivity index (χ4v) is 4.31. The van der Waals surface area contributed by atoms with E-state index in [0.717, 1.165) is 11.3 Å². The van der Waals surface area contributed by atoms with Gasteiger partial charge in [0, 0.05) is 5.56 Å². The molecule has 2 heterocycles. The zero-order valence-electron chi connectivity index (χ0n) is 17.1. The van der Waals surface area contributed by atoms with E-state index in [2.05, 4.69) is 5.32 Å². The Kier molecular flexibility index (Phi) is 6.16. The first-order valence-electron chi connectivity index (χ1n) is 8.99. The Morgan fingerprint density at radius 2 is 1.90 bits per heavy atom. The Bertz CT molecular complexity index is 1010. The van der Waals surface area contributed by atoms with Crippen LogP contribution in [0, 0.1) is 6.92 Å². The van der Waals surface area contributed by atoms with Gasteiger partial charge in [0.05, 0.1) is 33.5 Å². The zero-order chi connectivity index (χ0) is 22.0. The highest BCUT2D eigenvalue weighted by Gasteiger charge is 2.37. The number of benzene rings is 1. The topological polar surface area (TPSA) is 109 Å². The molecule has 30 heavy (non-hydrogen) atoms. The van der Waals surface area contributed by atoms with Crippen LogP contribution in [0.4, 0.5) is 5.00 Å². The number of methoxy groups -OCH3 is 3. The number of cyclic esters (lactones) is 1. The van der Waals surface area contributed by atoms with Crippen molar-refractivity contribution in [3.8, 4) is 11.5 Å². The molecule has 3 rings (SSSR count). The van der Waals surface area contributed by atoms with E-state index in [4.69, 9.17) is 23.7 Å². The van der Waals surface area contributed by atoms with E-state index in [9.17, 15) is 14.4 Å². The summed E-state index contributed by atoms with van der Waals surface area (Å²) in [5.74, 6) is -1.13. The van der Waals surface area contributed by atoms with Crippen LogP contribution in [0.25, 0.3) is 0 Å². The number of carbonyl (C=O) groups is 3. The summed E-state index contributed by atoms with van der Waals surface area (Å²) in [4.78, 5) is 37.4. The summed E-state index contributed by atoms with van der Waals surface area (Å²) in [7, 11) is 4.15. The lowest BCUT2D eigenvalue weighted by Gasteiger charge is -2.15. The van der Waals surface area contributed by atoms with E-state index < -0.39 is 24.1 Å². The van der Waals surface area contributed by atoms with Gasteiger partial charge in [0.15, 0.2) is 11.5 Å². The summed E-state index contributed by atoms with van der Waals surface area (Å²) in [5.41, 5.74) is 1.35. The van der Waals surface area contributed by atoms with Crippen molar-refractivity contribution in [3.05, 3.63) is 39.3 Å². The monoisotopic (exact) mass is 435 g/mol. The second kappa shape index (κ2) is 8.62. The van der Waals surface area contributed by atoms with Crippen LogP contribution in [-0.4, -0.2) is 45.8 Å². The molecule has 0 spiro atoms. The number of ether oxygens (including phenoxy) is 5. The summed E-state index contributed by atoms with van der Waals surface area (Å²) in [6.45, 7) is 3.48. The minimum atomic E-state index is -0.899. The summed E-state index contributed by atoms with van der Waals surface area (Å²) < 4.78 is 26.0. The van der Waals surface area contributed by atoms with Gasteiger partial charge in [0.25, 0.3) is 0 Å². The van der Waals surface area contributed by atoms with Crippen molar-refractivity contribution in [3.63, 3.8) is 0 Å². The molecule has 0 radical (unpaired) electrons. The Morgan fingerprint density at radius 3 is 2.50 bits per heavy atom. The maximum atomic E-state index is 12.5. The van der Waals surface area contributed by atoms with Gasteiger partial charge in [-0.1, -0.05) is 0 Å². The fourth-order valence-electron chi connectivity index (χ4n) is 3.18. The van der Waals surface area contributed by atoms with Crippen LogP contribution in [0.5, 0.6) is 11.5 Å². The van der Waals surface area contributed by atoms with Crippen molar-refractivity contribution in [2.75, 3.05) is 33.3 Å². The molecule has 160 valence electrons. The van der Waals surface area contributed by atoms with E-state index in [-0.39, 0.29) is 28.4 Å². The van der Waals surface area contributed by atoms with Crippen LogP contribution in [0.3, 0.4) is 0 Å². The van der Waals surface area contributed by atoms with Gasteiger partial charge >= 0.3 is 17.9 Å². The van der Waals surface area contributed by atoms with Crippen molar-refractivity contribution in [1.82, 2.24) is 0 Å². The molecule has 0 aliphatic carbocycles. The molecule has 9 nitrogen and oxygen atoms in total. The van der Waals surface area contributed by atoms with E-state index in [0.29, 0.717) is 21.9 Å². The molecule has 1 aromatic carbocycles. The fraction of sp³-hybridized carbons (Fsp3) is 0.350. The summed E-state index contributed by atoms with van der Waals surface area (Å²) in [6.07, 6.45) is -0.899. The number of fused-ring (bicyclic) bond motifs is 1. The highest BCUT2D eigenvalue weighted by atomic mass is 32.1. The molecule has 0 saturated carbocycles. The molecule has 0 saturated heterocycles. The van der Waals surface area contributed by atoms with Crippen molar-refractivity contribution in [2.24, 2.45) is 0 Å². The van der Waals surface area contributed by atoms with Crippen molar-refractivity contribution in [2.45, 2.75) is 20.1 Å². The second-order valence-electron chi connectivity index (χ2n) is 6.17. The molecule has 1 aromatic heterocycles. The molecule has 2 aromatic rings. The second-order valence-corrected chi connectivity index (χ2v) is 7.19. The lowest BCUT2D eigenvalue weighted by Crippen LogP contribution is -2.13. The zero-order valence-corrected chi connectivity index (χ0v) is 17.9. The van der Waals surface area contributed by atoms with Crippen molar-refractivity contribution >= 4 is 34.2 Å². The Hall–Kier alpha value is -3.27. The number of hydrogen-bond acceptors (Lipinski definition) is 10. The molecule has 0 bridgehead atoms. The Labute approximate surface area is 176 Å². The maximum Gasteiger partial charge on any atom is 0.348 e. The summed E-state index contributed by atoms with van der Waals surface area (Å²) in [5, 5.41) is 3.36. The molecule has 10 heteroatoms. The number of rotatable bonds is 7. The normalized spacial score (nSPS) is 14.6. The van der Waals surface area contributed by atoms with Crippen LogP contribution in [0.15, 0.2) is 12.1 Å². The number of hydrogen-bond donors (Lipinski definition) is 1. The number of carbonyl (C=O) groups excluding carboxylic acids is 3. The third kappa shape index (κ3) is 3.54. The molecular formula is C20H21NO8S. The predicted molar refractivity (Wildman–Crippen MR) is 108 cm³/mol. The highest BCUT2D eigenvalue weighted by molar-refractivity contribution is 7.18. The largest absolute Gasteiger partial charge is 0.493 e. The Morgan fingerprint density at radius 1 is 1.17 bits per heavy atom. The van der Waals surface area contributed by atoms with E-state index in [1.54, 1.807) is 26.0 Å². The molecule has 0 amide bonds. The van der Waals surface area contributed by atoms with Gasteiger partial charge in [-0.2, -0.15) is 0 Å². The van der Waals surface area contributed by atoms with Crippen LogP contribution < -0.4 is 14.8 Å². The standard InChI is InChI=1S/C20H21NO8S/c1-6-28-18(22)12-9(2)15(20(24)27-5)30-17(12)21-16-10-7-8-11(25-3)14(26-4)13(10)19(23)29-16/h7-8,16,21H,6H2,1-5H3/t16-/m0/s1. The van der Waals surface area contributed by atoms with Crippen LogP contribution >= 0.6 is 11.3 Å². The molecule has 0 unspecified atom stereocenters. The SMILES string of the molecule is CCOC(=O)c1c(N[C@H]2OC(=O)c3c2ccc(OC)c3OC)sc(C(=O)OC)c1C. The third-order valence-corrected chi connectivity index (χ3v) is 5.75. The van der Waals surface area contributed by atoms with Crippen LogP contribution in [0.2, 0.25) is 0 Å². The van der Waals surface area contributed by atoms with Gasteiger partial charge in [0.1, 0.15) is 15.4 Å². The third-order valence-electron chi connectivity index (χ3n) is 4.55. The average Bonchev–Trinajstić information content (AvgIpc) is 3.23. The highest BCUT2D eigenvalue weighted by Crippen LogP contribution is 2.44. The molecule has 1 aliphatic rings. The molecule has 1 N–H and O–H groups in total. The van der Waals surface area contributed by atoms with Gasteiger partial charge in [-0.05, 0) is 31.5 Å². The summed E-state index contributed by atoms with van der Waals surface area (Å²) >= 11 is 1.02. The lowest BCUT2D eigenvalue weighted by molar-refractivity contribution is 0.0435. The van der Waals surface area contributed by atoms with E-state index in [1.807, 2.05) is 0 Å². The number of nitrogens with one attached hydrogen (secondary N) is 1. The maximum absolute atomic E-state index is 12.5. The van der Waals surface area contributed by atoms with Gasteiger partial charge in [-0.3, -0.25) is 0 Å².